The van der Waals surface area contributed by atoms with Gasteiger partial charge in [0, 0.05) is 24.6 Å². The predicted octanol–water partition coefficient (Wildman–Crippen LogP) is 3.42. The summed E-state index contributed by atoms with van der Waals surface area (Å²) >= 11 is 0. The largest absolute Gasteiger partial charge is 0.302 e. The van der Waals surface area contributed by atoms with Crippen LogP contribution in [0, 0.1) is 19.7 Å². The molecule has 25 heavy (non-hydrogen) atoms. The van der Waals surface area contributed by atoms with Crippen molar-refractivity contribution in [1.82, 2.24) is 24.9 Å². The molecule has 0 bridgehead atoms. The highest BCUT2D eigenvalue weighted by molar-refractivity contribution is 5.40. The van der Waals surface area contributed by atoms with E-state index in [9.17, 15) is 4.39 Å². The van der Waals surface area contributed by atoms with Crippen molar-refractivity contribution in [3.05, 3.63) is 65.0 Å². The van der Waals surface area contributed by atoms with Crippen LogP contribution in [0.2, 0.25) is 0 Å². The number of aromatic amines is 1. The topological polar surface area (TPSA) is 49.7 Å². The highest BCUT2D eigenvalue weighted by atomic mass is 19.1. The highest BCUT2D eigenvalue weighted by Gasteiger charge is 2.11. The minimum Gasteiger partial charge on any atom is -0.302 e. The zero-order chi connectivity index (χ0) is 17.8. The molecular weight excluding hydrogens is 317 g/mol. The molecule has 0 spiro atoms. The Labute approximate surface area is 147 Å². The van der Waals surface area contributed by atoms with Gasteiger partial charge in [-0.25, -0.2) is 9.07 Å². The van der Waals surface area contributed by atoms with Gasteiger partial charge in [-0.1, -0.05) is 0 Å². The normalized spacial score (nSPS) is 11.4. The predicted molar refractivity (Wildman–Crippen MR) is 96.2 cm³/mol. The number of hydrogen-bond donors (Lipinski definition) is 1. The van der Waals surface area contributed by atoms with Crippen molar-refractivity contribution < 1.29 is 4.39 Å². The van der Waals surface area contributed by atoms with Gasteiger partial charge in [0.15, 0.2) is 0 Å². The third-order valence-electron chi connectivity index (χ3n) is 4.48. The second kappa shape index (κ2) is 7.61. The van der Waals surface area contributed by atoms with Crippen molar-refractivity contribution in [1.29, 1.82) is 0 Å². The van der Waals surface area contributed by atoms with Crippen LogP contribution in [0.1, 0.15) is 28.9 Å². The van der Waals surface area contributed by atoms with Gasteiger partial charge in [0.2, 0.25) is 0 Å². The molecule has 3 rings (SSSR count). The second-order valence-corrected chi connectivity index (χ2v) is 6.48. The minimum absolute atomic E-state index is 0.219. The fraction of sp³-hybridized carbons (Fsp3) is 0.368. The molecule has 3 aromatic rings. The summed E-state index contributed by atoms with van der Waals surface area (Å²) in [6.45, 7) is 5.70. The average Bonchev–Trinajstić information content (AvgIpc) is 3.20. The van der Waals surface area contributed by atoms with Crippen LogP contribution in [0.25, 0.3) is 5.69 Å². The van der Waals surface area contributed by atoms with Crippen molar-refractivity contribution in [2.45, 2.75) is 33.2 Å². The fourth-order valence-corrected chi connectivity index (χ4v) is 3.15. The molecule has 1 N–H and O–H groups in total. The van der Waals surface area contributed by atoms with Crippen LogP contribution in [-0.2, 0) is 13.0 Å². The van der Waals surface area contributed by atoms with E-state index in [1.807, 2.05) is 19.2 Å². The molecule has 5 nitrogen and oxygen atoms in total. The van der Waals surface area contributed by atoms with E-state index in [-0.39, 0.29) is 5.82 Å². The van der Waals surface area contributed by atoms with Crippen LogP contribution in [0.4, 0.5) is 4.39 Å². The molecule has 0 fully saturated rings. The van der Waals surface area contributed by atoms with Gasteiger partial charge in [0.25, 0.3) is 0 Å². The molecule has 0 atom stereocenters. The smallest absolute Gasteiger partial charge is 0.123 e. The molecule has 0 aliphatic heterocycles. The van der Waals surface area contributed by atoms with Crippen molar-refractivity contribution in [2.24, 2.45) is 0 Å². The van der Waals surface area contributed by atoms with E-state index in [1.165, 1.54) is 11.6 Å². The number of nitrogens with one attached hydrogen (secondary N) is 1. The number of aromatic nitrogens is 4. The standard InChI is InChI=1S/C19H24FN5/c1-14-18(15(2)23-22-14)6-4-10-24(3)13-16-12-17(20)7-8-19(16)25-11-5-9-21-25/h5,7-9,11-12H,4,6,10,13H2,1-3H3,(H,22,23). The van der Waals surface area contributed by atoms with Crippen molar-refractivity contribution >= 4 is 0 Å². The molecule has 1 aromatic carbocycles. The number of nitrogens with zero attached hydrogens (tertiary/aromatic N) is 4. The van der Waals surface area contributed by atoms with Gasteiger partial charge in [-0.05, 0) is 75.7 Å². The maximum Gasteiger partial charge on any atom is 0.123 e. The van der Waals surface area contributed by atoms with Gasteiger partial charge >= 0.3 is 0 Å². The maximum atomic E-state index is 13.7. The van der Waals surface area contributed by atoms with Crippen LogP contribution >= 0.6 is 0 Å². The number of aryl methyl sites for hydroxylation is 2. The average molecular weight is 341 g/mol. The Morgan fingerprint density at radius 3 is 2.80 bits per heavy atom. The Hall–Kier alpha value is -2.47. The van der Waals surface area contributed by atoms with Gasteiger partial charge < -0.3 is 4.90 Å². The lowest BCUT2D eigenvalue weighted by molar-refractivity contribution is 0.321. The molecule has 0 aliphatic rings. The summed E-state index contributed by atoms with van der Waals surface area (Å²) in [5, 5.41) is 11.5. The first-order valence-corrected chi connectivity index (χ1v) is 8.52. The third-order valence-corrected chi connectivity index (χ3v) is 4.48. The molecule has 6 heteroatoms. The Morgan fingerprint density at radius 2 is 2.12 bits per heavy atom. The van der Waals surface area contributed by atoms with Gasteiger partial charge in [-0.3, -0.25) is 5.10 Å². The lowest BCUT2D eigenvalue weighted by Gasteiger charge is -2.19. The van der Waals surface area contributed by atoms with E-state index in [0.29, 0.717) is 6.54 Å². The van der Waals surface area contributed by atoms with Gasteiger partial charge in [-0.2, -0.15) is 10.2 Å². The molecule has 0 saturated carbocycles. The molecule has 2 aromatic heterocycles. The maximum absolute atomic E-state index is 13.7. The SMILES string of the molecule is Cc1n[nH]c(C)c1CCCN(C)Cc1cc(F)ccc1-n1cccn1. The Kier molecular flexibility index (Phi) is 5.28. The quantitative estimate of drug-likeness (QED) is 0.716. The fourth-order valence-electron chi connectivity index (χ4n) is 3.15. The van der Waals surface area contributed by atoms with Crippen LogP contribution in [-0.4, -0.2) is 38.5 Å². The minimum atomic E-state index is -0.219. The first-order valence-electron chi connectivity index (χ1n) is 8.52. The summed E-state index contributed by atoms with van der Waals surface area (Å²) < 4.78 is 15.5. The second-order valence-electron chi connectivity index (χ2n) is 6.48. The Balaban J connectivity index is 1.63. The number of H-pyrrole nitrogens is 1. The molecule has 0 saturated heterocycles. The third kappa shape index (κ3) is 4.14. The summed E-state index contributed by atoms with van der Waals surface area (Å²) in [6, 6.07) is 6.72. The molecule has 0 unspecified atom stereocenters. The summed E-state index contributed by atoms with van der Waals surface area (Å²) in [5.41, 5.74) is 5.37. The summed E-state index contributed by atoms with van der Waals surface area (Å²) in [7, 11) is 2.06. The zero-order valence-corrected chi connectivity index (χ0v) is 15.0. The monoisotopic (exact) mass is 341 g/mol. The number of benzene rings is 1. The first-order chi connectivity index (χ1) is 12.0. The van der Waals surface area contributed by atoms with E-state index < -0.39 is 0 Å². The van der Waals surface area contributed by atoms with Crippen LogP contribution in [0.3, 0.4) is 0 Å². The van der Waals surface area contributed by atoms with Crippen LogP contribution in [0.15, 0.2) is 36.7 Å². The molecule has 0 amide bonds. The van der Waals surface area contributed by atoms with Crippen molar-refractivity contribution in [2.75, 3.05) is 13.6 Å². The van der Waals surface area contributed by atoms with E-state index in [2.05, 4.69) is 34.2 Å². The lowest BCUT2D eigenvalue weighted by atomic mass is 10.1. The van der Waals surface area contributed by atoms with E-state index in [0.717, 1.165) is 42.0 Å². The molecule has 2 heterocycles. The first kappa shape index (κ1) is 17.4. The Morgan fingerprint density at radius 1 is 1.28 bits per heavy atom. The van der Waals surface area contributed by atoms with Crippen molar-refractivity contribution in [3.8, 4) is 5.69 Å². The van der Waals surface area contributed by atoms with E-state index >= 15 is 0 Å². The Bertz CT molecular complexity index is 803. The molecule has 132 valence electrons. The summed E-state index contributed by atoms with van der Waals surface area (Å²) in [5.74, 6) is -0.219. The summed E-state index contributed by atoms with van der Waals surface area (Å²) in [6.07, 6.45) is 5.63. The molecule has 0 aliphatic carbocycles. The lowest BCUT2D eigenvalue weighted by Crippen LogP contribution is -2.21. The van der Waals surface area contributed by atoms with Crippen LogP contribution in [0.5, 0.6) is 0 Å². The van der Waals surface area contributed by atoms with E-state index in [4.69, 9.17) is 0 Å². The zero-order valence-electron chi connectivity index (χ0n) is 15.0. The van der Waals surface area contributed by atoms with Crippen LogP contribution < -0.4 is 0 Å². The number of rotatable bonds is 7. The van der Waals surface area contributed by atoms with Crippen molar-refractivity contribution in [3.63, 3.8) is 0 Å². The highest BCUT2D eigenvalue weighted by Crippen LogP contribution is 2.18. The molecule has 0 radical (unpaired) electrons. The molecular formula is C19H24FN5. The number of halogens is 1. The van der Waals surface area contributed by atoms with Gasteiger partial charge in [-0.15, -0.1) is 0 Å². The van der Waals surface area contributed by atoms with E-state index in [1.54, 1.807) is 23.0 Å². The van der Waals surface area contributed by atoms with Gasteiger partial charge in [0.1, 0.15) is 5.82 Å². The van der Waals surface area contributed by atoms with Gasteiger partial charge in [0.05, 0.1) is 11.4 Å². The summed E-state index contributed by atoms with van der Waals surface area (Å²) in [4.78, 5) is 2.21. The number of hydrogen-bond acceptors (Lipinski definition) is 3.